The van der Waals surface area contributed by atoms with Crippen LogP contribution in [0.25, 0.3) is 0 Å². The van der Waals surface area contributed by atoms with Gasteiger partial charge in [-0.1, -0.05) is 18.2 Å². The summed E-state index contributed by atoms with van der Waals surface area (Å²) in [5.41, 5.74) is 1.37. The molecule has 0 bridgehead atoms. The van der Waals surface area contributed by atoms with Gasteiger partial charge in [-0.05, 0) is 11.6 Å². The highest BCUT2D eigenvalue weighted by Gasteiger charge is 2.25. The van der Waals surface area contributed by atoms with Crippen molar-refractivity contribution < 1.29 is 18.0 Å². The van der Waals surface area contributed by atoms with Crippen LogP contribution in [0.3, 0.4) is 0 Å². The quantitative estimate of drug-likeness (QED) is 0.799. The summed E-state index contributed by atoms with van der Waals surface area (Å²) in [5, 5.41) is 5.33. The fourth-order valence-electron chi connectivity index (χ4n) is 1.44. The van der Waals surface area contributed by atoms with Gasteiger partial charge in [0.2, 0.25) is 5.91 Å². The van der Waals surface area contributed by atoms with Crippen LogP contribution in [0.1, 0.15) is 18.9 Å². The van der Waals surface area contributed by atoms with Crippen molar-refractivity contribution in [2.45, 2.75) is 26.1 Å². The molecule has 0 aromatic heterocycles. The zero-order valence-corrected chi connectivity index (χ0v) is 9.97. The predicted octanol–water partition coefficient (Wildman–Crippen LogP) is 2.69. The van der Waals surface area contributed by atoms with E-state index in [9.17, 15) is 18.0 Å². The van der Waals surface area contributed by atoms with Gasteiger partial charge in [-0.25, -0.2) is 0 Å². The van der Waals surface area contributed by atoms with Crippen molar-refractivity contribution in [3.8, 4) is 0 Å². The molecule has 1 aromatic rings. The summed E-state index contributed by atoms with van der Waals surface area (Å²) in [5.74, 6) is -0.210. The minimum atomic E-state index is -4.15. The van der Waals surface area contributed by atoms with Gasteiger partial charge >= 0.3 is 6.18 Å². The summed E-state index contributed by atoms with van der Waals surface area (Å²) in [6.07, 6.45) is -5.01. The SMILES string of the molecule is CC(=O)Nc1ccccc1CNCCC(F)(F)F. The highest BCUT2D eigenvalue weighted by Crippen LogP contribution is 2.19. The van der Waals surface area contributed by atoms with Crippen LogP contribution in [0.15, 0.2) is 24.3 Å². The van der Waals surface area contributed by atoms with Crippen LogP contribution in [0.4, 0.5) is 18.9 Å². The summed E-state index contributed by atoms with van der Waals surface area (Å²) in [4.78, 5) is 10.9. The number of carbonyl (C=O) groups excluding carboxylic acids is 1. The molecule has 0 saturated heterocycles. The molecular weight excluding hydrogens is 245 g/mol. The Labute approximate surface area is 103 Å². The number of amides is 1. The molecule has 0 aliphatic heterocycles. The summed E-state index contributed by atoms with van der Waals surface area (Å²) >= 11 is 0. The lowest BCUT2D eigenvalue weighted by Gasteiger charge is -2.11. The number of alkyl halides is 3. The number of nitrogens with one attached hydrogen (secondary N) is 2. The first kappa shape index (κ1) is 14.5. The van der Waals surface area contributed by atoms with Crippen LogP contribution < -0.4 is 10.6 Å². The molecule has 0 spiro atoms. The van der Waals surface area contributed by atoms with Gasteiger partial charge in [0.1, 0.15) is 0 Å². The molecule has 1 amide bonds. The lowest BCUT2D eigenvalue weighted by atomic mass is 10.1. The Kier molecular flexibility index (Phi) is 5.15. The zero-order chi connectivity index (χ0) is 13.6. The van der Waals surface area contributed by atoms with E-state index < -0.39 is 12.6 Å². The molecule has 0 aliphatic rings. The Bertz CT molecular complexity index is 405. The number of para-hydroxylation sites is 1. The molecule has 0 radical (unpaired) electrons. The van der Waals surface area contributed by atoms with Gasteiger partial charge in [0.25, 0.3) is 0 Å². The van der Waals surface area contributed by atoms with Crippen LogP contribution >= 0.6 is 0 Å². The van der Waals surface area contributed by atoms with Crippen molar-refractivity contribution in [2.24, 2.45) is 0 Å². The smallest absolute Gasteiger partial charge is 0.326 e. The average Bonchev–Trinajstić information content (AvgIpc) is 2.24. The van der Waals surface area contributed by atoms with E-state index in [-0.39, 0.29) is 19.0 Å². The minimum absolute atomic E-state index is 0.141. The topological polar surface area (TPSA) is 41.1 Å². The van der Waals surface area contributed by atoms with Gasteiger partial charge in [-0.3, -0.25) is 4.79 Å². The molecule has 0 heterocycles. The second kappa shape index (κ2) is 6.39. The normalized spacial score (nSPS) is 11.3. The van der Waals surface area contributed by atoms with Crippen molar-refractivity contribution in [1.29, 1.82) is 0 Å². The van der Waals surface area contributed by atoms with Crippen molar-refractivity contribution in [3.05, 3.63) is 29.8 Å². The fraction of sp³-hybridized carbons (Fsp3) is 0.417. The Morgan fingerprint density at radius 3 is 2.56 bits per heavy atom. The highest BCUT2D eigenvalue weighted by molar-refractivity contribution is 5.89. The van der Waals surface area contributed by atoms with E-state index >= 15 is 0 Å². The number of rotatable bonds is 5. The van der Waals surface area contributed by atoms with E-state index in [2.05, 4.69) is 10.6 Å². The molecule has 3 nitrogen and oxygen atoms in total. The fourth-order valence-corrected chi connectivity index (χ4v) is 1.44. The van der Waals surface area contributed by atoms with Gasteiger partial charge in [-0.2, -0.15) is 13.2 Å². The third kappa shape index (κ3) is 5.67. The lowest BCUT2D eigenvalue weighted by molar-refractivity contribution is -0.133. The third-order valence-corrected chi connectivity index (χ3v) is 2.23. The second-order valence-electron chi connectivity index (χ2n) is 3.88. The van der Waals surface area contributed by atoms with Gasteiger partial charge in [0, 0.05) is 25.7 Å². The van der Waals surface area contributed by atoms with E-state index in [1.54, 1.807) is 24.3 Å². The maximum absolute atomic E-state index is 11.9. The average molecular weight is 260 g/mol. The van der Waals surface area contributed by atoms with E-state index in [1.807, 2.05) is 0 Å². The van der Waals surface area contributed by atoms with E-state index in [0.29, 0.717) is 5.69 Å². The molecule has 6 heteroatoms. The molecule has 1 aromatic carbocycles. The van der Waals surface area contributed by atoms with Crippen molar-refractivity contribution in [3.63, 3.8) is 0 Å². The summed E-state index contributed by atoms with van der Waals surface area (Å²) in [6, 6.07) is 6.99. The Morgan fingerprint density at radius 2 is 1.94 bits per heavy atom. The van der Waals surface area contributed by atoms with Gasteiger partial charge < -0.3 is 10.6 Å². The highest BCUT2D eigenvalue weighted by atomic mass is 19.4. The van der Waals surface area contributed by atoms with Crippen LogP contribution in [-0.4, -0.2) is 18.6 Å². The first-order valence-electron chi connectivity index (χ1n) is 5.51. The second-order valence-corrected chi connectivity index (χ2v) is 3.88. The molecule has 2 N–H and O–H groups in total. The standard InChI is InChI=1S/C12H15F3N2O/c1-9(18)17-11-5-3-2-4-10(11)8-16-7-6-12(13,14)15/h2-5,16H,6-8H2,1H3,(H,17,18). The van der Waals surface area contributed by atoms with E-state index in [4.69, 9.17) is 0 Å². The Balaban J connectivity index is 2.49. The molecule has 0 saturated carbocycles. The first-order chi connectivity index (χ1) is 8.38. The molecule has 1 rings (SSSR count). The third-order valence-electron chi connectivity index (χ3n) is 2.23. The van der Waals surface area contributed by atoms with Gasteiger partial charge in [0.15, 0.2) is 0 Å². The van der Waals surface area contributed by atoms with Gasteiger partial charge in [0.05, 0.1) is 6.42 Å². The number of hydrogen-bond acceptors (Lipinski definition) is 2. The Hall–Kier alpha value is -1.56. The lowest BCUT2D eigenvalue weighted by Crippen LogP contribution is -2.22. The van der Waals surface area contributed by atoms with E-state index in [1.165, 1.54) is 6.92 Å². The summed E-state index contributed by atoms with van der Waals surface area (Å²) in [7, 11) is 0. The maximum atomic E-state index is 11.9. The molecule has 0 fully saturated rings. The van der Waals surface area contributed by atoms with Crippen LogP contribution in [-0.2, 0) is 11.3 Å². The van der Waals surface area contributed by atoms with Crippen molar-refractivity contribution in [2.75, 3.05) is 11.9 Å². The van der Waals surface area contributed by atoms with Crippen molar-refractivity contribution >= 4 is 11.6 Å². The number of anilines is 1. The number of hydrogen-bond donors (Lipinski definition) is 2. The van der Waals surface area contributed by atoms with Crippen LogP contribution in [0, 0.1) is 0 Å². The number of carbonyl (C=O) groups is 1. The zero-order valence-electron chi connectivity index (χ0n) is 9.97. The molecule has 100 valence electrons. The molecule has 0 aliphatic carbocycles. The monoisotopic (exact) mass is 260 g/mol. The van der Waals surface area contributed by atoms with Crippen LogP contribution in [0.5, 0.6) is 0 Å². The largest absolute Gasteiger partial charge is 0.390 e. The van der Waals surface area contributed by atoms with Gasteiger partial charge in [-0.15, -0.1) is 0 Å². The predicted molar refractivity (Wildman–Crippen MR) is 63.1 cm³/mol. The summed E-state index contributed by atoms with van der Waals surface area (Å²) in [6.45, 7) is 1.53. The maximum Gasteiger partial charge on any atom is 0.390 e. The minimum Gasteiger partial charge on any atom is -0.326 e. The number of benzene rings is 1. The molecule has 18 heavy (non-hydrogen) atoms. The van der Waals surface area contributed by atoms with E-state index in [0.717, 1.165) is 5.56 Å². The Morgan fingerprint density at radius 1 is 1.28 bits per heavy atom. The van der Waals surface area contributed by atoms with Crippen molar-refractivity contribution in [1.82, 2.24) is 5.32 Å². The number of halogens is 3. The van der Waals surface area contributed by atoms with Crippen LogP contribution in [0.2, 0.25) is 0 Å². The molecular formula is C12H15F3N2O. The summed E-state index contributed by atoms with van der Waals surface area (Å²) < 4.78 is 35.8. The molecule has 0 unspecified atom stereocenters. The molecule has 0 atom stereocenters. The first-order valence-corrected chi connectivity index (χ1v) is 5.51.